The van der Waals surface area contributed by atoms with Crippen LogP contribution in [0.1, 0.15) is 40.5 Å². The number of carbonyl (C=O) groups excluding carboxylic acids is 2. The molecule has 0 aliphatic carbocycles. The first-order chi connectivity index (χ1) is 10.5. The van der Waals surface area contributed by atoms with Gasteiger partial charge in [-0.25, -0.2) is 9.59 Å². The summed E-state index contributed by atoms with van der Waals surface area (Å²) in [5.74, 6) is -1.70. The summed E-state index contributed by atoms with van der Waals surface area (Å²) in [5.41, 5.74) is -1.69. The van der Waals surface area contributed by atoms with Crippen LogP contribution in [0.15, 0.2) is 0 Å². The Labute approximate surface area is 135 Å². The molecule has 2 saturated heterocycles. The summed E-state index contributed by atoms with van der Waals surface area (Å²) in [6.07, 6.45) is -0.615. The van der Waals surface area contributed by atoms with Crippen molar-refractivity contribution in [2.24, 2.45) is 0 Å². The van der Waals surface area contributed by atoms with Gasteiger partial charge in [-0.2, -0.15) is 0 Å². The smallest absolute Gasteiger partial charge is 0.411 e. The van der Waals surface area contributed by atoms with E-state index in [1.165, 1.54) is 11.8 Å². The SMILES string of the molecule is CC(O)C(C(=O)O)N1C[C@@]2(CCCN2C(=O)OC(C)(C)C)C1=O. The van der Waals surface area contributed by atoms with E-state index in [-0.39, 0.29) is 6.54 Å². The van der Waals surface area contributed by atoms with E-state index in [9.17, 15) is 24.6 Å². The summed E-state index contributed by atoms with van der Waals surface area (Å²) < 4.78 is 5.34. The number of aliphatic hydroxyl groups is 1. The van der Waals surface area contributed by atoms with Crippen LogP contribution < -0.4 is 0 Å². The Kier molecular flexibility index (Phi) is 4.32. The minimum absolute atomic E-state index is 0.104. The maximum Gasteiger partial charge on any atom is 0.411 e. The lowest BCUT2D eigenvalue weighted by molar-refractivity contribution is -0.176. The molecule has 0 aromatic rings. The minimum atomic E-state index is -1.30. The molecule has 2 unspecified atom stereocenters. The molecule has 3 atom stereocenters. The van der Waals surface area contributed by atoms with Gasteiger partial charge in [0.25, 0.3) is 5.91 Å². The molecule has 8 heteroatoms. The third-order valence-electron chi connectivity index (χ3n) is 4.24. The third-order valence-corrected chi connectivity index (χ3v) is 4.24. The first-order valence-electron chi connectivity index (χ1n) is 7.72. The van der Waals surface area contributed by atoms with E-state index in [4.69, 9.17) is 4.74 Å². The largest absolute Gasteiger partial charge is 0.480 e. The van der Waals surface area contributed by atoms with Gasteiger partial charge in [-0.3, -0.25) is 9.69 Å². The maximum atomic E-state index is 12.6. The van der Waals surface area contributed by atoms with E-state index >= 15 is 0 Å². The molecular formula is C15H24N2O6. The van der Waals surface area contributed by atoms with Gasteiger partial charge in [0.1, 0.15) is 11.1 Å². The van der Waals surface area contributed by atoms with Crippen molar-refractivity contribution in [2.45, 2.75) is 63.8 Å². The molecule has 2 heterocycles. The summed E-state index contributed by atoms with van der Waals surface area (Å²) >= 11 is 0. The molecular weight excluding hydrogens is 304 g/mol. The van der Waals surface area contributed by atoms with Crippen molar-refractivity contribution in [3.63, 3.8) is 0 Å². The van der Waals surface area contributed by atoms with Crippen LogP contribution in [0.5, 0.6) is 0 Å². The standard InChI is InChI=1S/C15H24N2O6/c1-9(18)10(11(19)20)16-8-15(12(16)21)6-5-7-17(15)13(22)23-14(2,3)4/h9-10,18H,5-8H2,1-4H3,(H,19,20)/t9?,10?,15-/m0/s1. The summed E-state index contributed by atoms with van der Waals surface area (Å²) in [7, 11) is 0. The van der Waals surface area contributed by atoms with Gasteiger partial charge in [0, 0.05) is 6.54 Å². The zero-order valence-electron chi connectivity index (χ0n) is 13.9. The molecule has 2 fully saturated rings. The quantitative estimate of drug-likeness (QED) is 0.728. The lowest BCUT2D eigenvalue weighted by Gasteiger charge is -2.53. The second kappa shape index (κ2) is 5.67. The van der Waals surface area contributed by atoms with Gasteiger partial charge in [-0.15, -0.1) is 0 Å². The number of aliphatic hydroxyl groups excluding tert-OH is 1. The summed E-state index contributed by atoms with van der Waals surface area (Å²) in [4.78, 5) is 38.7. The molecule has 0 aromatic heterocycles. The highest BCUT2D eigenvalue weighted by Gasteiger charge is 2.63. The van der Waals surface area contributed by atoms with E-state index in [0.717, 1.165) is 4.90 Å². The fourth-order valence-corrected chi connectivity index (χ4v) is 3.27. The molecule has 0 radical (unpaired) electrons. The van der Waals surface area contributed by atoms with Crippen LogP contribution in [0.2, 0.25) is 0 Å². The summed E-state index contributed by atoms with van der Waals surface area (Å²) in [6.45, 7) is 7.08. The molecule has 2 aliphatic heterocycles. The van der Waals surface area contributed by atoms with Gasteiger partial charge in [-0.1, -0.05) is 0 Å². The molecule has 1 spiro atoms. The van der Waals surface area contributed by atoms with Crippen LogP contribution >= 0.6 is 0 Å². The molecule has 0 aromatic carbocycles. The number of amides is 2. The van der Waals surface area contributed by atoms with Crippen molar-refractivity contribution in [2.75, 3.05) is 13.1 Å². The van der Waals surface area contributed by atoms with Gasteiger partial charge in [-0.05, 0) is 40.5 Å². The van der Waals surface area contributed by atoms with Crippen molar-refractivity contribution >= 4 is 18.0 Å². The predicted octanol–water partition coefficient (Wildman–Crippen LogP) is 0.432. The summed E-state index contributed by atoms with van der Waals surface area (Å²) in [6, 6.07) is -1.30. The topological polar surface area (TPSA) is 107 Å². The molecule has 0 bridgehead atoms. The van der Waals surface area contributed by atoms with Crippen LogP contribution in [0, 0.1) is 0 Å². The fourth-order valence-electron chi connectivity index (χ4n) is 3.27. The highest BCUT2D eigenvalue weighted by molar-refractivity contribution is 5.98. The zero-order valence-corrected chi connectivity index (χ0v) is 13.9. The Morgan fingerprint density at radius 1 is 1.35 bits per heavy atom. The first kappa shape index (κ1) is 17.5. The van der Waals surface area contributed by atoms with E-state index in [2.05, 4.69) is 0 Å². The molecule has 130 valence electrons. The Balaban J connectivity index is 2.16. The average molecular weight is 328 g/mol. The number of rotatable bonds is 3. The number of β-lactam (4-membered cyclic amide) rings is 1. The molecule has 8 nitrogen and oxygen atoms in total. The van der Waals surface area contributed by atoms with Crippen LogP contribution in [0.25, 0.3) is 0 Å². The van der Waals surface area contributed by atoms with Crippen molar-refractivity contribution in [1.82, 2.24) is 9.80 Å². The van der Waals surface area contributed by atoms with Crippen LogP contribution in [-0.2, 0) is 14.3 Å². The normalized spacial score (nSPS) is 26.9. The molecule has 2 N–H and O–H groups in total. The van der Waals surface area contributed by atoms with Gasteiger partial charge in [0.2, 0.25) is 0 Å². The number of hydrogen-bond acceptors (Lipinski definition) is 5. The van der Waals surface area contributed by atoms with Gasteiger partial charge in [0.15, 0.2) is 6.04 Å². The number of hydrogen-bond donors (Lipinski definition) is 2. The molecule has 0 saturated carbocycles. The van der Waals surface area contributed by atoms with Crippen molar-refractivity contribution < 1.29 is 29.3 Å². The minimum Gasteiger partial charge on any atom is -0.480 e. The fraction of sp³-hybridized carbons (Fsp3) is 0.800. The number of carboxylic acid groups (broad SMARTS) is 1. The second-order valence-corrected chi connectivity index (χ2v) is 7.22. The highest BCUT2D eigenvalue weighted by atomic mass is 16.6. The van der Waals surface area contributed by atoms with E-state index < -0.39 is 41.3 Å². The Morgan fingerprint density at radius 3 is 2.39 bits per heavy atom. The molecule has 2 amide bonds. The van der Waals surface area contributed by atoms with E-state index in [1.807, 2.05) is 0 Å². The lowest BCUT2D eigenvalue weighted by Crippen LogP contribution is -2.76. The second-order valence-electron chi connectivity index (χ2n) is 7.22. The van der Waals surface area contributed by atoms with Crippen LogP contribution in [0.4, 0.5) is 4.79 Å². The number of carboxylic acids is 1. The molecule has 23 heavy (non-hydrogen) atoms. The number of aliphatic carboxylic acids is 1. The Morgan fingerprint density at radius 2 is 1.96 bits per heavy atom. The number of carbonyl (C=O) groups is 3. The average Bonchev–Trinajstić information content (AvgIpc) is 2.81. The van der Waals surface area contributed by atoms with Crippen molar-refractivity contribution in [3.05, 3.63) is 0 Å². The third kappa shape index (κ3) is 2.99. The maximum absolute atomic E-state index is 12.6. The van der Waals surface area contributed by atoms with Gasteiger partial charge < -0.3 is 19.8 Å². The number of ether oxygens (including phenoxy) is 1. The van der Waals surface area contributed by atoms with Gasteiger partial charge in [0.05, 0.1) is 12.6 Å². The first-order valence-corrected chi connectivity index (χ1v) is 7.72. The summed E-state index contributed by atoms with van der Waals surface area (Å²) in [5, 5.41) is 18.8. The van der Waals surface area contributed by atoms with Gasteiger partial charge >= 0.3 is 12.1 Å². The zero-order chi connectivity index (χ0) is 17.6. The van der Waals surface area contributed by atoms with Crippen LogP contribution in [0.3, 0.4) is 0 Å². The number of nitrogens with zero attached hydrogens (tertiary/aromatic N) is 2. The van der Waals surface area contributed by atoms with E-state index in [1.54, 1.807) is 20.8 Å². The lowest BCUT2D eigenvalue weighted by atomic mass is 9.83. The molecule has 2 aliphatic rings. The van der Waals surface area contributed by atoms with Crippen molar-refractivity contribution in [1.29, 1.82) is 0 Å². The van der Waals surface area contributed by atoms with E-state index in [0.29, 0.717) is 19.4 Å². The number of likely N-dealkylation sites (tertiary alicyclic amines) is 2. The Bertz CT molecular complexity index is 527. The Hall–Kier alpha value is -1.83. The molecule has 2 rings (SSSR count). The van der Waals surface area contributed by atoms with Crippen molar-refractivity contribution in [3.8, 4) is 0 Å². The predicted molar refractivity (Wildman–Crippen MR) is 79.7 cm³/mol. The monoisotopic (exact) mass is 328 g/mol. The highest BCUT2D eigenvalue weighted by Crippen LogP contribution is 2.41. The van der Waals surface area contributed by atoms with Crippen LogP contribution in [-0.4, -0.2) is 74.4 Å².